The maximum Gasteiger partial charge on any atom is 0.304 e. The molecule has 37 heavy (non-hydrogen) atoms. The van der Waals surface area contributed by atoms with Gasteiger partial charge in [-0.15, -0.1) is 0 Å². The molecule has 1 aliphatic carbocycles. The number of carboxylic acid groups (broad SMARTS) is 1. The van der Waals surface area contributed by atoms with Crippen molar-refractivity contribution in [3.8, 4) is 28.4 Å². The Morgan fingerprint density at radius 2 is 1.84 bits per heavy atom. The topological polar surface area (TPSA) is 74.2 Å². The predicted octanol–water partition coefficient (Wildman–Crippen LogP) is 5.68. The van der Waals surface area contributed by atoms with Crippen LogP contribution in [0.5, 0.6) is 17.2 Å². The first-order chi connectivity index (χ1) is 18.0. The third kappa shape index (κ3) is 5.01. The fourth-order valence-electron chi connectivity index (χ4n) is 5.50. The minimum atomic E-state index is -0.853. The number of fused-ring (bicyclic) bond motifs is 4. The van der Waals surface area contributed by atoms with Gasteiger partial charge in [0.2, 0.25) is 0 Å². The van der Waals surface area contributed by atoms with Crippen molar-refractivity contribution in [2.45, 2.75) is 50.7 Å². The van der Waals surface area contributed by atoms with Gasteiger partial charge in [0.15, 0.2) is 0 Å². The van der Waals surface area contributed by atoms with Crippen LogP contribution in [0.2, 0.25) is 0 Å². The van der Waals surface area contributed by atoms with Crippen molar-refractivity contribution >= 4 is 5.97 Å². The lowest BCUT2D eigenvalue weighted by Crippen LogP contribution is -2.15. The maximum atomic E-state index is 15.1. The second-order valence-corrected chi connectivity index (χ2v) is 9.97. The molecular weight excluding hydrogens is 475 g/mol. The number of hydrogen-bond acceptors (Lipinski definition) is 5. The molecule has 0 saturated carbocycles. The molecule has 1 saturated heterocycles. The summed E-state index contributed by atoms with van der Waals surface area (Å²) < 4.78 is 38.2. The first-order valence-electron chi connectivity index (χ1n) is 12.8. The van der Waals surface area contributed by atoms with Gasteiger partial charge < -0.3 is 24.1 Å². The summed E-state index contributed by atoms with van der Waals surface area (Å²) in [6, 6.07) is 15.1. The predicted molar refractivity (Wildman–Crippen MR) is 135 cm³/mol. The second-order valence-electron chi connectivity index (χ2n) is 9.97. The van der Waals surface area contributed by atoms with E-state index in [9.17, 15) is 4.79 Å². The summed E-state index contributed by atoms with van der Waals surface area (Å²) in [5, 5.41) is 9.10. The van der Waals surface area contributed by atoms with Crippen LogP contribution in [0.1, 0.15) is 47.4 Å². The van der Waals surface area contributed by atoms with Gasteiger partial charge in [0.05, 0.1) is 26.2 Å². The lowest BCUT2D eigenvalue weighted by molar-refractivity contribution is -0.137. The van der Waals surface area contributed by atoms with Crippen LogP contribution < -0.4 is 14.2 Å². The number of aryl methyl sites for hydroxylation is 2. The molecule has 0 radical (unpaired) electrons. The molecule has 7 heteroatoms. The van der Waals surface area contributed by atoms with Crippen LogP contribution in [0.15, 0.2) is 48.5 Å². The van der Waals surface area contributed by atoms with Gasteiger partial charge in [-0.25, -0.2) is 4.39 Å². The minimum absolute atomic E-state index is 0.0254. The molecular formula is C30H29FO6. The lowest BCUT2D eigenvalue weighted by atomic mass is 9.94. The van der Waals surface area contributed by atoms with Crippen molar-refractivity contribution in [1.82, 2.24) is 0 Å². The largest absolute Gasteiger partial charge is 0.492 e. The van der Waals surface area contributed by atoms with Gasteiger partial charge in [-0.2, -0.15) is 0 Å². The van der Waals surface area contributed by atoms with E-state index in [0.29, 0.717) is 30.3 Å². The Kier molecular flexibility index (Phi) is 6.47. The van der Waals surface area contributed by atoms with Gasteiger partial charge in [-0.05, 0) is 71.8 Å². The fraction of sp³-hybridized carbons (Fsp3) is 0.367. The highest BCUT2D eigenvalue weighted by molar-refractivity contribution is 5.73. The first kappa shape index (κ1) is 23.8. The van der Waals surface area contributed by atoms with E-state index >= 15 is 4.39 Å². The normalized spacial score (nSPS) is 19.8. The summed E-state index contributed by atoms with van der Waals surface area (Å²) in [4.78, 5) is 11.1. The van der Waals surface area contributed by atoms with Gasteiger partial charge in [0.1, 0.15) is 35.8 Å². The summed E-state index contributed by atoms with van der Waals surface area (Å²) >= 11 is 0. The van der Waals surface area contributed by atoms with Crippen molar-refractivity contribution in [2.24, 2.45) is 0 Å². The average Bonchev–Trinajstić information content (AvgIpc) is 3.49. The molecule has 1 unspecified atom stereocenters. The van der Waals surface area contributed by atoms with E-state index < -0.39 is 5.97 Å². The molecule has 1 N–H and O–H groups in total. The summed E-state index contributed by atoms with van der Waals surface area (Å²) in [5.74, 6) is 0.745. The zero-order valence-electron chi connectivity index (χ0n) is 20.5. The Morgan fingerprint density at radius 1 is 1.00 bits per heavy atom. The molecule has 2 aliphatic heterocycles. The third-order valence-corrected chi connectivity index (χ3v) is 7.40. The zero-order valence-corrected chi connectivity index (χ0v) is 20.5. The van der Waals surface area contributed by atoms with Gasteiger partial charge in [-0.3, -0.25) is 4.79 Å². The van der Waals surface area contributed by atoms with Gasteiger partial charge >= 0.3 is 5.97 Å². The van der Waals surface area contributed by atoms with Gasteiger partial charge in [-0.1, -0.05) is 12.1 Å². The summed E-state index contributed by atoms with van der Waals surface area (Å²) in [7, 11) is 0. The van der Waals surface area contributed by atoms with Gasteiger partial charge in [0.25, 0.3) is 0 Å². The molecule has 2 atom stereocenters. The van der Waals surface area contributed by atoms with E-state index in [4.69, 9.17) is 24.1 Å². The Labute approximate surface area is 214 Å². The molecule has 3 aromatic rings. The maximum absolute atomic E-state index is 15.1. The molecule has 0 bridgehead atoms. The van der Waals surface area contributed by atoms with E-state index in [0.717, 1.165) is 60.3 Å². The third-order valence-electron chi connectivity index (χ3n) is 7.40. The summed E-state index contributed by atoms with van der Waals surface area (Å²) in [5.41, 5.74) is 5.72. The molecule has 3 aromatic carbocycles. The van der Waals surface area contributed by atoms with Crippen LogP contribution >= 0.6 is 0 Å². The molecule has 192 valence electrons. The number of halogens is 1. The van der Waals surface area contributed by atoms with Crippen LogP contribution in [0.4, 0.5) is 4.39 Å². The van der Waals surface area contributed by atoms with Crippen molar-refractivity contribution in [1.29, 1.82) is 0 Å². The molecule has 3 aliphatic rings. The van der Waals surface area contributed by atoms with Crippen molar-refractivity contribution in [3.05, 3.63) is 76.6 Å². The molecule has 1 fully saturated rings. The molecule has 0 spiro atoms. The number of carboxylic acids is 1. The van der Waals surface area contributed by atoms with E-state index in [-0.39, 0.29) is 30.9 Å². The molecule has 6 nitrogen and oxygen atoms in total. The van der Waals surface area contributed by atoms with E-state index in [1.165, 1.54) is 5.56 Å². The number of hydrogen-bond donors (Lipinski definition) is 1. The standard InChI is InChI=1S/C30H29FO6/c31-28-12-19-3-1-2-18-10-23(37-24-8-9-34-17-24)5-6-25(18)27(19)11-21(28)16-35-22-4-7-26-20(13-30(32)33)15-36-29(26)14-22/h4-7,10-12,14,20,24H,1-3,8-9,13,15-17H2,(H,32,33)/t20-,24?/m1/s1. The Balaban J connectivity index is 1.21. The van der Waals surface area contributed by atoms with Crippen molar-refractivity contribution in [2.75, 3.05) is 19.8 Å². The lowest BCUT2D eigenvalue weighted by Gasteiger charge is -2.16. The molecule has 0 aromatic heterocycles. The molecule has 2 heterocycles. The van der Waals surface area contributed by atoms with E-state index in [1.807, 2.05) is 18.2 Å². The van der Waals surface area contributed by atoms with Crippen LogP contribution in [0.25, 0.3) is 11.1 Å². The summed E-state index contributed by atoms with van der Waals surface area (Å²) in [6.07, 6.45) is 3.70. The van der Waals surface area contributed by atoms with Crippen molar-refractivity contribution in [3.63, 3.8) is 0 Å². The minimum Gasteiger partial charge on any atom is -0.492 e. The number of benzene rings is 3. The quantitative estimate of drug-likeness (QED) is 0.446. The van der Waals surface area contributed by atoms with Crippen LogP contribution in [-0.2, 0) is 29.0 Å². The molecule has 6 rings (SSSR count). The Hall–Kier alpha value is -3.58. The SMILES string of the molecule is O=C(O)C[C@@H]1COc2cc(OCc3cc4c(cc3F)CCCc3cc(OC5CCOC5)ccc3-4)ccc21. The molecule has 0 amide bonds. The number of ether oxygens (including phenoxy) is 4. The Bertz CT molecular complexity index is 1330. The van der Waals surface area contributed by atoms with E-state index in [2.05, 4.69) is 12.1 Å². The van der Waals surface area contributed by atoms with Crippen LogP contribution in [0.3, 0.4) is 0 Å². The highest BCUT2D eigenvalue weighted by Crippen LogP contribution is 2.39. The fourth-order valence-corrected chi connectivity index (χ4v) is 5.50. The number of carbonyl (C=O) groups is 1. The van der Waals surface area contributed by atoms with Gasteiger partial charge in [0, 0.05) is 29.5 Å². The van der Waals surface area contributed by atoms with Crippen molar-refractivity contribution < 1.29 is 33.2 Å². The highest BCUT2D eigenvalue weighted by Gasteiger charge is 2.27. The zero-order chi connectivity index (χ0) is 25.4. The smallest absolute Gasteiger partial charge is 0.304 e. The number of rotatable bonds is 7. The van der Waals surface area contributed by atoms with E-state index in [1.54, 1.807) is 18.2 Å². The second kappa shape index (κ2) is 10.1. The Morgan fingerprint density at radius 3 is 2.65 bits per heavy atom. The average molecular weight is 505 g/mol. The first-order valence-corrected chi connectivity index (χ1v) is 12.8. The van der Waals surface area contributed by atoms with Crippen LogP contribution in [0, 0.1) is 5.82 Å². The number of aliphatic carboxylic acids is 1. The highest BCUT2D eigenvalue weighted by atomic mass is 19.1. The summed E-state index contributed by atoms with van der Waals surface area (Å²) in [6.45, 7) is 1.78. The monoisotopic (exact) mass is 504 g/mol. The van der Waals surface area contributed by atoms with Crippen LogP contribution in [-0.4, -0.2) is 37.0 Å².